The van der Waals surface area contributed by atoms with Gasteiger partial charge in [-0.1, -0.05) is 10.3 Å². The molecule has 2 aliphatic rings. The number of fused-ring (bicyclic) bond motifs is 2. The van der Waals surface area contributed by atoms with Gasteiger partial charge in [0, 0.05) is 22.8 Å². The van der Waals surface area contributed by atoms with Crippen molar-refractivity contribution in [1.82, 2.24) is 24.8 Å². The molecule has 2 aliphatic heterocycles. The highest BCUT2D eigenvalue weighted by Gasteiger charge is 2.54. The summed E-state index contributed by atoms with van der Waals surface area (Å²) in [6.45, 7) is 4.59. The number of aryl methyl sites for hydroxylation is 1. The Balaban J connectivity index is 1.37. The van der Waals surface area contributed by atoms with Crippen molar-refractivity contribution in [3.63, 3.8) is 0 Å². The lowest BCUT2D eigenvalue weighted by Crippen LogP contribution is -2.71. The summed E-state index contributed by atoms with van der Waals surface area (Å²) in [6, 6.07) is 2.66. The fraction of sp³-hybridized carbons (Fsp3) is 0.333. The molecule has 0 radical (unpaired) electrons. The molecule has 41 heavy (non-hydrogen) atoms. The van der Waals surface area contributed by atoms with E-state index in [4.69, 9.17) is 10.6 Å². The number of nitrogens with zero attached hydrogens (tertiary/aromatic N) is 6. The lowest BCUT2D eigenvalue weighted by molar-refractivity contribution is -0.662. The van der Waals surface area contributed by atoms with Crippen LogP contribution in [0.5, 0.6) is 0 Å². The molecule has 214 valence electrons. The molecule has 17 heteroatoms. The number of carboxylic acid groups (broad SMARTS) is 2. The predicted molar refractivity (Wildman–Crippen MR) is 146 cm³/mol. The van der Waals surface area contributed by atoms with E-state index in [-0.39, 0.29) is 28.8 Å². The zero-order valence-corrected chi connectivity index (χ0v) is 23.6. The number of nitrogens with two attached hydrogens (primary N) is 1. The number of aliphatic carboxylic acids is 2. The van der Waals surface area contributed by atoms with E-state index in [1.54, 1.807) is 16.9 Å². The van der Waals surface area contributed by atoms with E-state index in [1.165, 1.54) is 35.9 Å². The molecule has 1 fully saturated rings. The molecule has 5 rings (SSSR count). The fourth-order valence-corrected chi connectivity index (χ4v) is 6.12. The van der Waals surface area contributed by atoms with Crippen LogP contribution < -0.4 is 15.6 Å². The van der Waals surface area contributed by atoms with E-state index in [2.05, 4.69) is 20.6 Å². The third-order valence-electron chi connectivity index (χ3n) is 6.41. The van der Waals surface area contributed by atoms with Crippen LogP contribution in [-0.4, -0.2) is 81.9 Å². The first-order valence-electron chi connectivity index (χ1n) is 12.1. The summed E-state index contributed by atoms with van der Waals surface area (Å²) in [5.74, 6) is -3.75. The van der Waals surface area contributed by atoms with Crippen molar-refractivity contribution >= 4 is 63.3 Å². The smallest absolute Gasteiger partial charge is 0.352 e. The Morgan fingerprint density at radius 1 is 1.32 bits per heavy atom. The van der Waals surface area contributed by atoms with Crippen molar-refractivity contribution in [2.75, 3.05) is 11.5 Å². The van der Waals surface area contributed by atoms with Crippen LogP contribution in [0.4, 0.5) is 5.13 Å². The van der Waals surface area contributed by atoms with E-state index in [1.807, 2.05) is 23.6 Å². The normalized spacial score (nSPS) is 19.1. The number of aromatic nitrogens is 4. The van der Waals surface area contributed by atoms with E-state index >= 15 is 0 Å². The van der Waals surface area contributed by atoms with E-state index in [9.17, 15) is 29.4 Å². The molecule has 0 bridgehead atoms. The van der Waals surface area contributed by atoms with E-state index < -0.39 is 40.8 Å². The quantitative estimate of drug-likeness (QED) is 0.111. The van der Waals surface area contributed by atoms with Crippen LogP contribution in [0.2, 0.25) is 0 Å². The number of β-lactam (4-membered cyclic amide) rings is 1. The molecule has 0 saturated carbocycles. The second-order valence-corrected chi connectivity index (χ2v) is 11.7. The number of rotatable bonds is 9. The molecule has 0 unspecified atom stereocenters. The summed E-state index contributed by atoms with van der Waals surface area (Å²) in [5, 5.41) is 31.0. The average molecular weight is 602 g/mol. The Morgan fingerprint density at radius 3 is 2.73 bits per heavy atom. The monoisotopic (exact) mass is 601 g/mol. The molecule has 15 nitrogen and oxygen atoms in total. The molecule has 0 aliphatic carbocycles. The molecule has 0 spiro atoms. The Bertz CT molecular complexity index is 1660. The number of hydrogen-bond donors (Lipinski definition) is 4. The maximum Gasteiger partial charge on any atom is 0.352 e. The molecule has 3 aromatic rings. The predicted octanol–water partition coefficient (Wildman–Crippen LogP) is -0.00838. The van der Waals surface area contributed by atoms with Crippen LogP contribution in [0.1, 0.15) is 25.2 Å². The zero-order chi connectivity index (χ0) is 29.6. The van der Waals surface area contributed by atoms with E-state index in [0.29, 0.717) is 11.3 Å². The standard InChI is InChI=1S/C24H24N8O7S2/c1-11-4-5-14-30(6-7-31(14)28-11)8-12-9-40-20-16(19(34)32(20)17(12)21(35)36)27-18(33)15(13-10-41-23(25)26-13)29-39-24(2,3)22(37)38/h4-7,10,16,20H,8-9H2,1-3H3,(H4-,25,26,27,33,35,36,37,38)/p+1/b29-15-/t16-,20-/m1/s1. The second kappa shape index (κ2) is 10.5. The highest BCUT2D eigenvalue weighted by Crippen LogP contribution is 2.40. The van der Waals surface area contributed by atoms with Crippen molar-refractivity contribution in [2.24, 2.45) is 5.16 Å². The number of carbonyl (C=O) groups is 4. The number of nitrogens with one attached hydrogen (secondary N) is 1. The van der Waals surface area contributed by atoms with Gasteiger partial charge >= 0.3 is 17.6 Å². The van der Waals surface area contributed by atoms with Crippen molar-refractivity contribution in [3.8, 4) is 0 Å². The largest absolute Gasteiger partial charge is 0.478 e. The first-order valence-corrected chi connectivity index (χ1v) is 14.1. The van der Waals surface area contributed by atoms with Gasteiger partial charge in [0.2, 0.25) is 5.60 Å². The molecule has 2 atom stereocenters. The molecule has 5 heterocycles. The summed E-state index contributed by atoms with van der Waals surface area (Å²) < 4.78 is 3.53. The summed E-state index contributed by atoms with van der Waals surface area (Å²) in [6.07, 6.45) is 3.55. The van der Waals surface area contributed by atoms with Gasteiger partial charge in [0.1, 0.15) is 35.5 Å². The number of anilines is 1. The van der Waals surface area contributed by atoms with E-state index in [0.717, 1.165) is 22.7 Å². The molecule has 5 N–H and O–H groups in total. The molecule has 2 amide bonds. The van der Waals surface area contributed by atoms with Crippen LogP contribution in [0.3, 0.4) is 0 Å². The van der Waals surface area contributed by atoms with Crippen LogP contribution in [0.25, 0.3) is 5.65 Å². The van der Waals surface area contributed by atoms with Crippen LogP contribution in [0, 0.1) is 6.92 Å². The number of nitrogen functional groups attached to an aromatic ring is 1. The average Bonchev–Trinajstić information content (AvgIpc) is 3.52. The topological polar surface area (TPSA) is 206 Å². The zero-order valence-electron chi connectivity index (χ0n) is 22.0. The van der Waals surface area contributed by atoms with Crippen LogP contribution in [0.15, 0.2) is 46.3 Å². The van der Waals surface area contributed by atoms with Crippen molar-refractivity contribution in [1.29, 1.82) is 0 Å². The third kappa shape index (κ3) is 5.20. The Morgan fingerprint density at radius 2 is 2.07 bits per heavy atom. The minimum atomic E-state index is -1.76. The molecular formula is C24H25N8O7S2+. The van der Waals surface area contributed by atoms with Gasteiger partial charge in [0.25, 0.3) is 11.8 Å². The van der Waals surface area contributed by atoms with Gasteiger partial charge in [-0.2, -0.15) is 0 Å². The summed E-state index contributed by atoms with van der Waals surface area (Å²) >= 11 is 2.34. The Kier molecular flexibility index (Phi) is 7.16. The molecule has 0 aromatic carbocycles. The molecular weight excluding hydrogens is 576 g/mol. The van der Waals surface area contributed by atoms with Crippen molar-refractivity contribution in [2.45, 2.75) is 44.3 Å². The third-order valence-corrected chi connectivity index (χ3v) is 8.43. The van der Waals surface area contributed by atoms with Crippen molar-refractivity contribution < 1.29 is 38.8 Å². The van der Waals surface area contributed by atoms with Crippen LogP contribution >= 0.6 is 23.1 Å². The van der Waals surface area contributed by atoms with Gasteiger partial charge < -0.3 is 26.1 Å². The number of carboxylic acids is 2. The number of amides is 2. The molecule has 3 aromatic heterocycles. The minimum Gasteiger partial charge on any atom is -0.478 e. The van der Waals surface area contributed by atoms with Gasteiger partial charge in [0.05, 0.1) is 5.69 Å². The lowest BCUT2D eigenvalue weighted by atomic mass is 10.0. The highest BCUT2D eigenvalue weighted by atomic mass is 32.2. The van der Waals surface area contributed by atoms with Gasteiger partial charge in [-0.15, -0.1) is 27.6 Å². The number of carbonyl (C=O) groups excluding carboxylic acids is 2. The van der Waals surface area contributed by atoms with Gasteiger partial charge in [0.15, 0.2) is 17.0 Å². The van der Waals surface area contributed by atoms with Crippen molar-refractivity contribution in [3.05, 3.63) is 52.6 Å². The van der Waals surface area contributed by atoms with Gasteiger partial charge in [-0.05, 0) is 26.8 Å². The fourth-order valence-electron chi connectivity index (χ4n) is 4.24. The minimum absolute atomic E-state index is 0.0287. The first-order chi connectivity index (χ1) is 19.4. The van der Waals surface area contributed by atoms with Gasteiger partial charge in [-0.25, -0.2) is 19.1 Å². The second-order valence-electron chi connectivity index (χ2n) is 9.74. The number of thioether (sulfide) groups is 1. The maximum atomic E-state index is 13.2. The maximum absolute atomic E-state index is 13.2. The van der Waals surface area contributed by atoms with Gasteiger partial charge in [-0.3, -0.25) is 14.5 Å². The summed E-state index contributed by atoms with van der Waals surface area (Å²) in [5.41, 5.74) is 5.55. The SMILES string of the molecule is Cc1ccc2n(cc[n+]2CC2=C(C(=O)O)N3C(=O)[C@@H](NC(=O)/C(=N\OC(C)(C)C(=O)O)c4csc(N)n4)[C@H]3SC2)n1. The highest BCUT2D eigenvalue weighted by molar-refractivity contribution is 8.00. The number of hydrogen-bond acceptors (Lipinski definition) is 11. The number of thiazole rings is 1. The Labute approximate surface area is 240 Å². The summed E-state index contributed by atoms with van der Waals surface area (Å²) in [4.78, 5) is 60.5. The number of oxime groups is 1. The first kappa shape index (κ1) is 28.0. The number of imidazole rings is 1. The molecule has 1 saturated heterocycles. The lowest BCUT2D eigenvalue weighted by Gasteiger charge is -2.49. The summed E-state index contributed by atoms with van der Waals surface area (Å²) in [7, 11) is 0. The van der Waals surface area contributed by atoms with Crippen LogP contribution in [-0.2, 0) is 30.6 Å². The Hall–Kier alpha value is -4.51.